The molecule has 1 saturated heterocycles. The molecule has 0 radical (unpaired) electrons. The van der Waals surface area contributed by atoms with E-state index in [1.54, 1.807) is 0 Å². The second-order valence-corrected chi connectivity index (χ2v) is 8.15. The van der Waals surface area contributed by atoms with Crippen molar-refractivity contribution in [3.05, 3.63) is 24.3 Å². The minimum Gasteiger partial charge on any atom is -0.406 e. The number of alkyl halides is 6. The first-order valence-corrected chi connectivity index (χ1v) is 9.71. The number of nitrogens with two attached hydrogens (primary N) is 1. The fourth-order valence-electron chi connectivity index (χ4n) is 2.63. The molecule has 15 heteroatoms. The van der Waals surface area contributed by atoms with Crippen molar-refractivity contribution in [1.29, 1.82) is 0 Å². The Morgan fingerprint density at radius 1 is 1.13 bits per heavy atom. The average Bonchev–Trinajstić information content (AvgIpc) is 2.60. The predicted octanol–water partition coefficient (Wildman–Crippen LogP) is 3.49. The first-order valence-electron chi connectivity index (χ1n) is 8.27. The van der Waals surface area contributed by atoms with Crippen LogP contribution >= 0.6 is 24.0 Å². The van der Waals surface area contributed by atoms with Crippen molar-refractivity contribution in [3.63, 3.8) is 0 Å². The van der Waals surface area contributed by atoms with Gasteiger partial charge in [-0.25, -0.2) is 8.42 Å². The molecule has 0 aliphatic carbocycles. The zero-order chi connectivity index (χ0) is 21.9. The second-order valence-electron chi connectivity index (χ2n) is 6.22. The number of hydrogen-bond acceptors (Lipinski definition) is 4. The molecule has 7 nitrogen and oxygen atoms in total. The molecule has 0 unspecified atom stereocenters. The summed E-state index contributed by atoms with van der Waals surface area (Å²) in [5.74, 6) is -0.600. The Kier molecular flexibility index (Phi) is 9.04. The topological polar surface area (TPSA) is 97.0 Å². The van der Waals surface area contributed by atoms with E-state index in [0.717, 1.165) is 12.1 Å². The van der Waals surface area contributed by atoms with Crippen LogP contribution in [0.2, 0.25) is 0 Å². The highest BCUT2D eigenvalue weighted by molar-refractivity contribution is 14.0. The first kappa shape index (κ1) is 26.5. The van der Waals surface area contributed by atoms with Gasteiger partial charge in [-0.15, -0.1) is 37.1 Å². The van der Waals surface area contributed by atoms with E-state index >= 15 is 0 Å². The van der Waals surface area contributed by atoms with Crippen molar-refractivity contribution in [3.8, 4) is 5.75 Å². The van der Waals surface area contributed by atoms with E-state index < -0.39 is 27.6 Å². The lowest BCUT2D eigenvalue weighted by Gasteiger charge is -2.30. The van der Waals surface area contributed by atoms with Crippen LogP contribution in [-0.2, 0) is 10.0 Å². The molecule has 0 amide bonds. The number of nitrogens with zero attached hydrogens (tertiary/aromatic N) is 2. The zero-order valence-corrected chi connectivity index (χ0v) is 18.3. The molecule has 3 N–H and O–H groups in total. The maximum atomic E-state index is 12.5. The van der Waals surface area contributed by atoms with E-state index in [-0.39, 0.29) is 68.3 Å². The number of piperidine rings is 1. The summed E-state index contributed by atoms with van der Waals surface area (Å²) in [5.41, 5.74) is 0.716. The second kappa shape index (κ2) is 10.2. The highest BCUT2D eigenvalue weighted by Crippen LogP contribution is 2.30. The van der Waals surface area contributed by atoms with Crippen LogP contribution in [-0.4, -0.2) is 50.2 Å². The normalized spacial score (nSPS) is 17.3. The largest absolute Gasteiger partial charge is 0.573 e. The van der Waals surface area contributed by atoms with Crippen molar-refractivity contribution in [2.45, 2.75) is 24.7 Å². The van der Waals surface area contributed by atoms with Crippen LogP contribution in [0, 0.1) is 5.92 Å². The van der Waals surface area contributed by atoms with Crippen LogP contribution in [0.3, 0.4) is 0 Å². The summed E-state index contributed by atoms with van der Waals surface area (Å²) in [6, 6.07) is 4.76. The molecule has 172 valence electrons. The van der Waals surface area contributed by atoms with Crippen molar-refractivity contribution in [2.24, 2.45) is 16.6 Å². The van der Waals surface area contributed by atoms with Crippen LogP contribution in [0.5, 0.6) is 5.75 Å². The monoisotopic (exact) mass is 576 g/mol. The van der Waals surface area contributed by atoms with E-state index in [0.29, 0.717) is 9.99 Å². The molecule has 1 aliphatic heterocycles. The number of halogens is 7. The van der Waals surface area contributed by atoms with Crippen molar-refractivity contribution < 1.29 is 39.5 Å². The van der Waals surface area contributed by atoms with Crippen LogP contribution in [0.25, 0.3) is 0 Å². The number of sulfonamides is 1. The standard InChI is InChI=1S/C15H18F6N4O3S.HI/c16-14(17,18)28-12-3-1-11(2-4-12)24-13(22)23-9-10-5-7-25(8-6-10)29(26,27)15(19,20)21;/h1-4,10H,5-9H2,(H3,22,23,24);1H. The molecule has 0 saturated carbocycles. The number of guanidine groups is 1. The van der Waals surface area contributed by atoms with Crippen molar-refractivity contribution in [1.82, 2.24) is 4.31 Å². The molecule has 2 rings (SSSR count). The van der Waals surface area contributed by atoms with E-state index in [4.69, 9.17) is 5.73 Å². The van der Waals surface area contributed by atoms with E-state index in [2.05, 4.69) is 15.0 Å². The summed E-state index contributed by atoms with van der Waals surface area (Å²) in [6.07, 6.45) is -4.42. The lowest BCUT2D eigenvalue weighted by molar-refractivity contribution is -0.274. The summed E-state index contributed by atoms with van der Waals surface area (Å²) >= 11 is 0. The van der Waals surface area contributed by atoms with E-state index in [1.807, 2.05) is 0 Å². The van der Waals surface area contributed by atoms with Crippen LogP contribution in [0.4, 0.5) is 32.0 Å². The average molecular weight is 576 g/mol. The molecule has 0 atom stereocenters. The Hall–Kier alpha value is -1.49. The summed E-state index contributed by atoms with van der Waals surface area (Å²) in [5, 5.41) is 2.66. The van der Waals surface area contributed by atoms with Crippen LogP contribution in [0.15, 0.2) is 29.3 Å². The Labute approximate surface area is 185 Å². The Morgan fingerprint density at radius 3 is 2.13 bits per heavy atom. The van der Waals surface area contributed by atoms with E-state index in [1.165, 1.54) is 12.1 Å². The number of benzene rings is 1. The zero-order valence-electron chi connectivity index (χ0n) is 15.2. The number of hydrogen-bond donors (Lipinski definition) is 2. The third kappa shape index (κ3) is 7.64. The molecular formula is C15H19F6IN4O3S. The van der Waals surface area contributed by atoms with E-state index in [9.17, 15) is 34.8 Å². The van der Waals surface area contributed by atoms with Gasteiger partial charge in [0.1, 0.15) is 5.75 Å². The number of aliphatic imine (C=N–C) groups is 1. The fraction of sp³-hybridized carbons (Fsp3) is 0.533. The summed E-state index contributed by atoms with van der Waals surface area (Å²) < 4.78 is 101. The van der Waals surface area contributed by atoms with Crippen LogP contribution in [0.1, 0.15) is 12.8 Å². The van der Waals surface area contributed by atoms with Gasteiger partial charge < -0.3 is 15.8 Å². The SMILES string of the molecule is I.NC(=NCC1CCN(S(=O)(=O)C(F)(F)F)CC1)Nc1ccc(OC(F)(F)F)cc1. The predicted molar refractivity (Wildman–Crippen MR) is 108 cm³/mol. The summed E-state index contributed by atoms with van der Waals surface area (Å²) in [6.45, 7) is -0.375. The Balaban J connectivity index is 0.00000450. The third-order valence-corrected chi connectivity index (χ3v) is 5.72. The number of anilines is 1. The van der Waals surface area contributed by atoms with Gasteiger partial charge in [0.05, 0.1) is 0 Å². The lowest BCUT2D eigenvalue weighted by Crippen LogP contribution is -2.45. The van der Waals surface area contributed by atoms with Gasteiger partial charge in [0, 0.05) is 25.3 Å². The van der Waals surface area contributed by atoms with Gasteiger partial charge in [0.25, 0.3) is 0 Å². The van der Waals surface area contributed by atoms with Crippen LogP contribution < -0.4 is 15.8 Å². The fourth-order valence-corrected chi connectivity index (χ4v) is 3.62. The number of ether oxygens (including phenoxy) is 1. The number of rotatable bonds is 5. The first-order chi connectivity index (χ1) is 13.3. The third-order valence-electron chi connectivity index (χ3n) is 4.09. The molecular weight excluding hydrogens is 557 g/mol. The lowest BCUT2D eigenvalue weighted by atomic mass is 9.98. The quantitative estimate of drug-likeness (QED) is 0.242. The summed E-state index contributed by atoms with van der Waals surface area (Å²) in [4.78, 5) is 4.04. The number of nitrogens with one attached hydrogen (secondary N) is 1. The van der Waals surface area contributed by atoms with Gasteiger partial charge in [-0.05, 0) is 43.0 Å². The highest BCUT2D eigenvalue weighted by atomic mass is 127. The molecule has 1 aromatic carbocycles. The van der Waals surface area contributed by atoms with Crippen molar-refractivity contribution in [2.75, 3.05) is 25.0 Å². The molecule has 1 fully saturated rings. The molecule has 30 heavy (non-hydrogen) atoms. The maximum Gasteiger partial charge on any atom is 0.573 e. The van der Waals surface area contributed by atoms with Gasteiger partial charge in [-0.3, -0.25) is 4.99 Å². The minimum absolute atomic E-state index is 0. The molecule has 1 aliphatic rings. The van der Waals surface area contributed by atoms with Gasteiger partial charge in [-0.2, -0.15) is 17.5 Å². The molecule has 0 aromatic heterocycles. The molecule has 1 aromatic rings. The molecule has 1 heterocycles. The molecule has 0 spiro atoms. The van der Waals surface area contributed by atoms with Crippen molar-refractivity contribution >= 4 is 45.6 Å². The van der Waals surface area contributed by atoms with Gasteiger partial charge in [0.15, 0.2) is 5.96 Å². The Morgan fingerprint density at radius 2 is 1.67 bits per heavy atom. The molecule has 0 bridgehead atoms. The van der Waals surface area contributed by atoms with Gasteiger partial charge in [-0.1, -0.05) is 0 Å². The highest BCUT2D eigenvalue weighted by Gasteiger charge is 2.50. The Bertz CT molecular complexity index is 822. The maximum absolute atomic E-state index is 12.5. The smallest absolute Gasteiger partial charge is 0.406 e. The minimum atomic E-state index is -5.33. The van der Waals surface area contributed by atoms with Gasteiger partial charge in [0.2, 0.25) is 0 Å². The summed E-state index contributed by atoms with van der Waals surface area (Å²) in [7, 11) is -5.33. The van der Waals surface area contributed by atoms with Gasteiger partial charge >= 0.3 is 21.9 Å².